The quantitative estimate of drug-likeness (QED) is 0.406. The Morgan fingerprint density at radius 2 is 2.05 bits per heavy atom. The molecule has 1 unspecified atom stereocenters. The maximum atomic E-state index is 12.0. The number of unbranched alkanes of at least 4 members (excludes halogenated alkanes) is 3. The molecular formula is C17H28N2O2. The normalized spacial score (nSPS) is 12.0. The van der Waals surface area contributed by atoms with Crippen molar-refractivity contribution in [2.75, 3.05) is 17.7 Å². The monoisotopic (exact) mass is 292 g/mol. The Labute approximate surface area is 128 Å². The summed E-state index contributed by atoms with van der Waals surface area (Å²) in [5.74, 6) is -0.328. The van der Waals surface area contributed by atoms with Crippen LogP contribution in [-0.2, 0) is 4.74 Å². The van der Waals surface area contributed by atoms with Gasteiger partial charge in [-0.2, -0.15) is 0 Å². The van der Waals surface area contributed by atoms with Gasteiger partial charge in [0, 0.05) is 6.04 Å². The minimum Gasteiger partial charge on any atom is -0.462 e. The molecule has 0 radical (unpaired) electrons. The van der Waals surface area contributed by atoms with Gasteiger partial charge in [0.05, 0.1) is 23.5 Å². The first-order chi connectivity index (χ1) is 10.1. The Hall–Kier alpha value is -1.71. The summed E-state index contributed by atoms with van der Waals surface area (Å²) < 4.78 is 5.08. The second-order valence-corrected chi connectivity index (χ2v) is 5.38. The molecule has 0 saturated carbocycles. The van der Waals surface area contributed by atoms with Crippen LogP contribution in [0.4, 0.5) is 11.4 Å². The molecule has 1 rings (SSSR count). The zero-order valence-corrected chi connectivity index (χ0v) is 13.4. The molecule has 0 aromatic heterocycles. The van der Waals surface area contributed by atoms with Crippen LogP contribution in [0.2, 0.25) is 0 Å². The highest BCUT2D eigenvalue weighted by atomic mass is 16.5. The first-order valence-corrected chi connectivity index (χ1v) is 7.92. The van der Waals surface area contributed by atoms with Gasteiger partial charge in [-0.25, -0.2) is 4.79 Å². The van der Waals surface area contributed by atoms with E-state index in [1.165, 1.54) is 25.7 Å². The molecular weight excluding hydrogens is 264 g/mol. The van der Waals surface area contributed by atoms with Crippen LogP contribution >= 0.6 is 0 Å². The molecule has 0 saturated heterocycles. The number of anilines is 2. The van der Waals surface area contributed by atoms with Gasteiger partial charge in [-0.05, 0) is 32.4 Å². The van der Waals surface area contributed by atoms with Gasteiger partial charge >= 0.3 is 5.97 Å². The Morgan fingerprint density at radius 1 is 1.29 bits per heavy atom. The largest absolute Gasteiger partial charge is 0.462 e. The van der Waals surface area contributed by atoms with Gasteiger partial charge in [0.1, 0.15) is 0 Å². The number of carbonyl (C=O) groups is 1. The Balaban J connectivity index is 2.70. The molecule has 1 atom stereocenters. The van der Waals surface area contributed by atoms with Gasteiger partial charge in [-0.1, -0.05) is 38.7 Å². The zero-order chi connectivity index (χ0) is 15.7. The SMILES string of the molecule is CCCCCCC(C)Nc1c(N)cccc1C(=O)OCC. The minimum atomic E-state index is -0.328. The zero-order valence-electron chi connectivity index (χ0n) is 13.4. The predicted molar refractivity (Wildman–Crippen MR) is 88.7 cm³/mol. The third-order valence-corrected chi connectivity index (χ3v) is 3.47. The van der Waals surface area contributed by atoms with Crippen molar-refractivity contribution in [3.05, 3.63) is 23.8 Å². The summed E-state index contributed by atoms with van der Waals surface area (Å²) in [5.41, 5.74) is 7.80. The molecule has 1 aromatic rings. The molecule has 0 amide bonds. The van der Waals surface area contributed by atoms with Crippen molar-refractivity contribution in [1.29, 1.82) is 0 Å². The fraction of sp³-hybridized carbons (Fsp3) is 0.588. The van der Waals surface area contributed by atoms with E-state index in [1.807, 2.05) is 0 Å². The summed E-state index contributed by atoms with van der Waals surface area (Å²) in [6.07, 6.45) is 6.01. The highest BCUT2D eigenvalue weighted by Gasteiger charge is 2.16. The van der Waals surface area contributed by atoms with Crippen LogP contribution in [0.25, 0.3) is 0 Å². The van der Waals surface area contributed by atoms with E-state index in [4.69, 9.17) is 10.5 Å². The number of hydrogen-bond donors (Lipinski definition) is 2. The number of hydrogen-bond acceptors (Lipinski definition) is 4. The molecule has 0 aliphatic heterocycles. The van der Waals surface area contributed by atoms with E-state index in [0.29, 0.717) is 23.5 Å². The van der Waals surface area contributed by atoms with Crippen LogP contribution < -0.4 is 11.1 Å². The van der Waals surface area contributed by atoms with Crippen molar-refractivity contribution in [2.24, 2.45) is 0 Å². The number of nitrogens with one attached hydrogen (secondary N) is 1. The van der Waals surface area contributed by atoms with Crippen LogP contribution in [0.15, 0.2) is 18.2 Å². The third kappa shape index (κ3) is 5.66. The first kappa shape index (κ1) is 17.3. The van der Waals surface area contributed by atoms with Gasteiger partial charge in [0.15, 0.2) is 0 Å². The molecule has 0 fully saturated rings. The second kappa shape index (κ2) is 9.27. The molecule has 4 heteroatoms. The van der Waals surface area contributed by atoms with Gasteiger partial charge in [-0.3, -0.25) is 0 Å². The summed E-state index contributed by atoms with van der Waals surface area (Å²) in [6.45, 7) is 6.48. The van der Waals surface area contributed by atoms with Gasteiger partial charge in [0.2, 0.25) is 0 Å². The van der Waals surface area contributed by atoms with Gasteiger partial charge < -0.3 is 15.8 Å². The van der Waals surface area contributed by atoms with E-state index in [-0.39, 0.29) is 12.0 Å². The standard InChI is InChI=1S/C17H28N2O2/c1-4-6-7-8-10-13(3)19-16-14(17(20)21-5-2)11-9-12-15(16)18/h9,11-13,19H,4-8,10,18H2,1-3H3. The Kier molecular flexibility index (Phi) is 7.65. The van der Waals surface area contributed by atoms with Crippen molar-refractivity contribution in [3.8, 4) is 0 Å². The van der Waals surface area contributed by atoms with E-state index in [1.54, 1.807) is 25.1 Å². The lowest BCUT2D eigenvalue weighted by molar-refractivity contribution is 0.0527. The molecule has 0 bridgehead atoms. The Bertz CT molecular complexity index is 446. The number of ether oxygens (including phenoxy) is 1. The lowest BCUT2D eigenvalue weighted by Gasteiger charge is -2.19. The smallest absolute Gasteiger partial charge is 0.340 e. The highest BCUT2D eigenvalue weighted by molar-refractivity contribution is 5.98. The molecule has 4 nitrogen and oxygen atoms in total. The van der Waals surface area contributed by atoms with E-state index in [2.05, 4.69) is 19.2 Å². The predicted octanol–water partition coefficient (Wildman–Crippen LogP) is 4.22. The van der Waals surface area contributed by atoms with Crippen molar-refractivity contribution in [1.82, 2.24) is 0 Å². The molecule has 0 spiro atoms. The van der Waals surface area contributed by atoms with Crippen LogP contribution in [0.1, 0.15) is 63.2 Å². The van der Waals surface area contributed by atoms with E-state index in [0.717, 1.165) is 6.42 Å². The molecule has 1 aromatic carbocycles. The van der Waals surface area contributed by atoms with Crippen LogP contribution in [-0.4, -0.2) is 18.6 Å². The summed E-state index contributed by atoms with van der Waals surface area (Å²) in [5, 5.41) is 3.37. The summed E-state index contributed by atoms with van der Waals surface area (Å²) in [7, 11) is 0. The number of benzene rings is 1. The minimum absolute atomic E-state index is 0.278. The van der Waals surface area contributed by atoms with Crippen molar-refractivity contribution >= 4 is 17.3 Å². The number of nitrogen functional groups attached to an aromatic ring is 1. The number of carbonyl (C=O) groups excluding carboxylic acids is 1. The third-order valence-electron chi connectivity index (χ3n) is 3.47. The Morgan fingerprint density at radius 3 is 2.71 bits per heavy atom. The van der Waals surface area contributed by atoms with Gasteiger partial charge in [-0.15, -0.1) is 0 Å². The summed E-state index contributed by atoms with van der Waals surface area (Å²) in [4.78, 5) is 12.0. The topological polar surface area (TPSA) is 64.3 Å². The summed E-state index contributed by atoms with van der Waals surface area (Å²) in [6, 6.07) is 5.60. The molecule has 21 heavy (non-hydrogen) atoms. The van der Waals surface area contributed by atoms with Crippen molar-refractivity contribution in [2.45, 2.75) is 58.9 Å². The number of rotatable bonds is 9. The van der Waals surface area contributed by atoms with E-state index < -0.39 is 0 Å². The molecule has 3 N–H and O–H groups in total. The van der Waals surface area contributed by atoms with Crippen LogP contribution in [0, 0.1) is 0 Å². The number of para-hydroxylation sites is 1. The molecule has 118 valence electrons. The van der Waals surface area contributed by atoms with Gasteiger partial charge in [0.25, 0.3) is 0 Å². The highest BCUT2D eigenvalue weighted by Crippen LogP contribution is 2.26. The van der Waals surface area contributed by atoms with Crippen LogP contribution in [0.3, 0.4) is 0 Å². The second-order valence-electron chi connectivity index (χ2n) is 5.38. The molecule has 0 aliphatic carbocycles. The number of nitrogens with two attached hydrogens (primary N) is 1. The lowest BCUT2D eigenvalue weighted by atomic mass is 10.1. The average Bonchev–Trinajstić information content (AvgIpc) is 2.46. The van der Waals surface area contributed by atoms with E-state index >= 15 is 0 Å². The maximum absolute atomic E-state index is 12.0. The number of esters is 1. The average molecular weight is 292 g/mol. The summed E-state index contributed by atoms with van der Waals surface area (Å²) >= 11 is 0. The van der Waals surface area contributed by atoms with E-state index in [9.17, 15) is 4.79 Å². The van der Waals surface area contributed by atoms with Crippen molar-refractivity contribution < 1.29 is 9.53 Å². The maximum Gasteiger partial charge on any atom is 0.340 e. The fourth-order valence-corrected chi connectivity index (χ4v) is 2.31. The van der Waals surface area contributed by atoms with Crippen LogP contribution in [0.5, 0.6) is 0 Å². The molecule has 0 heterocycles. The lowest BCUT2D eigenvalue weighted by Crippen LogP contribution is -2.19. The molecule has 0 aliphatic rings. The van der Waals surface area contributed by atoms with Crippen molar-refractivity contribution in [3.63, 3.8) is 0 Å². The fourth-order valence-electron chi connectivity index (χ4n) is 2.31. The first-order valence-electron chi connectivity index (χ1n) is 7.92.